The largest absolute Gasteiger partial charge is 0.497 e. The number of halogens is 1. The Balaban J connectivity index is 1.41. The SMILES string of the molecule is COc1cccc(OCC(=O)Nc2nc(CSCc3ccc(F)cc3)cs2)c1. The van der Waals surface area contributed by atoms with Gasteiger partial charge in [-0.2, -0.15) is 11.8 Å². The van der Waals surface area contributed by atoms with Gasteiger partial charge in [0.25, 0.3) is 5.91 Å². The average molecular weight is 419 g/mol. The van der Waals surface area contributed by atoms with Gasteiger partial charge < -0.3 is 9.47 Å². The smallest absolute Gasteiger partial charge is 0.264 e. The van der Waals surface area contributed by atoms with Crippen LogP contribution < -0.4 is 14.8 Å². The van der Waals surface area contributed by atoms with Crippen LogP contribution in [0.3, 0.4) is 0 Å². The molecule has 8 heteroatoms. The number of anilines is 1. The average Bonchev–Trinajstić information content (AvgIpc) is 3.15. The molecule has 0 unspecified atom stereocenters. The van der Waals surface area contributed by atoms with Crippen LogP contribution in [0.15, 0.2) is 53.9 Å². The summed E-state index contributed by atoms with van der Waals surface area (Å²) in [5.41, 5.74) is 1.95. The van der Waals surface area contributed by atoms with Gasteiger partial charge in [-0.1, -0.05) is 18.2 Å². The highest BCUT2D eigenvalue weighted by molar-refractivity contribution is 7.97. The molecule has 0 aliphatic heterocycles. The molecule has 3 aromatic rings. The molecule has 0 radical (unpaired) electrons. The number of hydrogen-bond donors (Lipinski definition) is 1. The molecule has 2 aromatic carbocycles. The van der Waals surface area contributed by atoms with Crippen LogP contribution >= 0.6 is 23.1 Å². The highest BCUT2D eigenvalue weighted by atomic mass is 32.2. The summed E-state index contributed by atoms with van der Waals surface area (Å²) < 4.78 is 23.5. The van der Waals surface area contributed by atoms with Gasteiger partial charge in [0.15, 0.2) is 11.7 Å². The lowest BCUT2D eigenvalue weighted by Crippen LogP contribution is -2.20. The lowest BCUT2D eigenvalue weighted by Gasteiger charge is -2.07. The minimum Gasteiger partial charge on any atom is -0.497 e. The molecule has 146 valence electrons. The standard InChI is InChI=1S/C20H19FN2O3S2/c1-25-17-3-2-4-18(9-17)26-10-19(24)23-20-22-16(13-28-20)12-27-11-14-5-7-15(21)8-6-14/h2-9,13H,10-12H2,1H3,(H,22,23,24). The van der Waals surface area contributed by atoms with Gasteiger partial charge in [-0.25, -0.2) is 9.37 Å². The molecule has 0 atom stereocenters. The van der Waals surface area contributed by atoms with Gasteiger partial charge in [-0.3, -0.25) is 10.1 Å². The second kappa shape index (κ2) is 10.1. The van der Waals surface area contributed by atoms with Gasteiger partial charge in [0.2, 0.25) is 0 Å². The number of carbonyl (C=O) groups excluding carboxylic acids is 1. The number of amides is 1. The van der Waals surface area contributed by atoms with Crippen LogP contribution in [0.25, 0.3) is 0 Å². The van der Waals surface area contributed by atoms with Crippen LogP contribution in [-0.2, 0) is 16.3 Å². The van der Waals surface area contributed by atoms with Gasteiger partial charge in [-0.15, -0.1) is 11.3 Å². The van der Waals surface area contributed by atoms with Gasteiger partial charge in [0.05, 0.1) is 12.8 Å². The Bertz CT molecular complexity index is 916. The van der Waals surface area contributed by atoms with Gasteiger partial charge >= 0.3 is 0 Å². The molecule has 5 nitrogen and oxygen atoms in total. The summed E-state index contributed by atoms with van der Waals surface area (Å²) >= 11 is 3.05. The maximum absolute atomic E-state index is 12.9. The van der Waals surface area contributed by atoms with Gasteiger partial charge in [0, 0.05) is 23.0 Å². The molecule has 3 rings (SSSR count). The maximum atomic E-state index is 12.9. The van der Waals surface area contributed by atoms with E-state index in [1.165, 1.54) is 23.5 Å². The zero-order valence-electron chi connectivity index (χ0n) is 15.2. The minimum absolute atomic E-state index is 0.110. The molecule has 1 amide bonds. The predicted molar refractivity (Wildman–Crippen MR) is 111 cm³/mol. The second-order valence-corrected chi connectivity index (χ2v) is 7.62. The summed E-state index contributed by atoms with van der Waals surface area (Å²) in [6.45, 7) is -0.110. The minimum atomic E-state index is -0.275. The second-order valence-electron chi connectivity index (χ2n) is 5.78. The Morgan fingerprint density at radius 2 is 1.96 bits per heavy atom. The highest BCUT2D eigenvalue weighted by Gasteiger charge is 2.08. The lowest BCUT2D eigenvalue weighted by molar-refractivity contribution is -0.118. The molecule has 28 heavy (non-hydrogen) atoms. The van der Waals surface area contributed by atoms with Crippen molar-refractivity contribution in [1.29, 1.82) is 0 Å². The molecule has 0 saturated carbocycles. The van der Waals surface area contributed by atoms with Crippen molar-refractivity contribution in [2.75, 3.05) is 19.0 Å². The molecule has 1 N–H and O–H groups in total. The number of methoxy groups -OCH3 is 1. The number of rotatable bonds is 9. The summed E-state index contributed by atoms with van der Waals surface area (Å²) in [6, 6.07) is 13.5. The van der Waals surface area contributed by atoms with Crippen LogP contribution in [0.1, 0.15) is 11.3 Å². The van der Waals surface area contributed by atoms with Crippen LogP contribution in [0, 0.1) is 5.82 Å². The fraction of sp³-hybridized carbons (Fsp3) is 0.200. The summed E-state index contributed by atoms with van der Waals surface area (Å²) in [4.78, 5) is 16.4. The zero-order chi connectivity index (χ0) is 19.8. The number of hydrogen-bond acceptors (Lipinski definition) is 6. The number of thiazole rings is 1. The molecule has 0 saturated heterocycles. The van der Waals surface area contributed by atoms with E-state index >= 15 is 0 Å². The first-order valence-corrected chi connectivity index (χ1v) is 10.5. The van der Waals surface area contributed by atoms with Crippen molar-refractivity contribution in [2.24, 2.45) is 0 Å². The van der Waals surface area contributed by atoms with Crippen molar-refractivity contribution in [2.45, 2.75) is 11.5 Å². The first kappa shape index (κ1) is 20.2. The van der Waals surface area contributed by atoms with E-state index in [9.17, 15) is 9.18 Å². The first-order valence-electron chi connectivity index (χ1n) is 8.45. The molecule has 0 aliphatic rings. The number of aromatic nitrogens is 1. The fourth-order valence-corrected chi connectivity index (χ4v) is 4.00. The fourth-order valence-electron chi connectivity index (χ4n) is 2.28. The molecular weight excluding hydrogens is 399 g/mol. The van der Waals surface area contributed by atoms with Crippen molar-refractivity contribution in [3.63, 3.8) is 0 Å². The first-order chi connectivity index (χ1) is 13.6. The van der Waals surface area contributed by atoms with Crippen LogP contribution in [-0.4, -0.2) is 24.6 Å². The van der Waals surface area contributed by atoms with E-state index in [0.717, 1.165) is 17.0 Å². The van der Waals surface area contributed by atoms with E-state index in [1.54, 1.807) is 55.3 Å². The predicted octanol–water partition coefficient (Wildman–Crippen LogP) is 4.74. The number of nitrogens with zero attached hydrogens (tertiary/aromatic N) is 1. The number of ether oxygens (including phenoxy) is 2. The zero-order valence-corrected chi connectivity index (χ0v) is 16.8. The van der Waals surface area contributed by atoms with Crippen LogP contribution in [0.5, 0.6) is 11.5 Å². The van der Waals surface area contributed by atoms with E-state index in [2.05, 4.69) is 10.3 Å². The normalized spacial score (nSPS) is 10.5. The van der Waals surface area contributed by atoms with E-state index < -0.39 is 0 Å². The molecule has 0 spiro atoms. The lowest BCUT2D eigenvalue weighted by atomic mass is 10.2. The Hall–Kier alpha value is -2.58. The van der Waals surface area contributed by atoms with Crippen molar-refractivity contribution in [3.8, 4) is 11.5 Å². The topological polar surface area (TPSA) is 60.5 Å². The van der Waals surface area contributed by atoms with E-state index in [1.807, 2.05) is 5.38 Å². The molecule has 0 bridgehead atoms. The van der Waals surface area contributed by atoms with Crippen LogP contribution in [0.4, 0.5) is 9.52 Å². The van der Waals surface area contributed by atoms with Crippen LogP contribution in [0.2, 0.25) is 0 Å². The molecule has 0 fully saturated rings. The summed E-state index contributed by atoms with van der Waals surface area (Å²) in [5, 5.41) is 5.19. The third-order valence-corrected chi connectivity index (χ3v) is 5.49. The molecule has 1 aromatic heterocycles. The van der Waals surface area contributed by atoms with Crippen molar-refractivity contribution < 1.29 is 18.7 Å². The number of benzene rings is 2. The van der Waals surface area contributed by atoms with Crippen molar-refractivity contribution >= 4 is 34.1 Å². The molecular formula is C20H19FN2O3S2. The Morgan fingerprint density at radius 1 is 1.18 bits per heavy atom. The summed E-state index contributed by atoms with van der Waals surface area (Å²) in [7, 11) is 1.57. The number of thioether (sulfide) groups is 1. The van der Waals surface area contributed by atoms with E-state index in [0.29, 0.717) is 22.4 Å². The molecule has 0 aliphatic carbocycles. The Morgan fingerprint density at radius 3 is 2.75 bits per heavy atom. The quantitative estimate of drug-likeness (QED) is 0.544. The van der Waals surface area contributed by atoms with Gasteiger partial charge in [0.1, 0.15) is 17.3 Å². The third-order valence-electron chi connectivity index (χ3n) is 3.64. The monoisotopic (exact) mass is 418 g/mol. The van der Waals surface area contributed by atoms with Crippen molar-refractivity contribution in [3.05, 3.63) is 71.0 Å². The van der Waals surface area contributed by atoms with E-state index in [4.69, 9.17) is 9.47 Å². The number of nitrogens with one attached hydrogen (secondary N) is 1. The number of carbonyl (C=O) groups is 1. The third kappa shape index (κ3) is 6.24. The summed E-state index contributed by atoms with van der Waals surface area (Å²) in [5.74, 6) is 2.21. The Labute approximate surface area is 170 Å². The van der Waals surface area contributed by atoms with Gasteiger partial charge in [-0.05, 0) is 29.8 Å². The molecule has 1 heterocycles. The van der Waals surface area contributed by atoms with E-state index in [-0.39, 0.29) is 18.3 Å². The summed E-state index contributed by atoms with van der Waals surface area (Å²) in [6.07, 6.45) is 0. The Kier molecular flexibility index (Phi) is 7.27. The van der Waals surface area contributed by atoms with Crippen molar-refractivity contribution in [1.82, 2.24) is 4.98 Å². The highest BCUT2D eigenvalue weighted by Crippen LogP contribution is 2.22. The maximum Gasteiger partial charge on any atom is 0.264 e.